The summed E-state index contributed by atoms with van der Waals surface area (Å²) in [6, 6.07) is 4.44. The van der Waals surface area contributed by atoms with Gasteiger partial charge in [0, 0.05) is 25.0 Å². The lowest BCUT2D eigenvalue weighted by Gasteiger charge is -2.13. The Bertz CT molecular complexity index is 251. The van der Waals surface area contributed by atoms with E-state index in [1.165, 1.54) is 5.56 Å². The normalized spacial score (nSPS) is 12.7. The van der Waals surface area contributed by atoms with Gasteiger partial charge in [0.2, 0.25) is 0 Å². The molecular formula is C12H20N2O. The van der Waals surface area contributed by atoms with Crippen LogP contribution in [0, 0.1) is 0 Å². The first-order chi connectivity index (χ1) is 7.34. The van der Waals surface area contributed by atoms with Gasteiger partial charge in [0.1, 0.15) is 0 Å². The first-order valence-corrected chi connectivity index (χ1v) is 5.58. The van der Waals surface area contributed by atoms with Gasteiger partial charge < -0.3 is 10.4 Å². The Morgan fingerprint density at radius 1 is 1.27 bits per heavy atom. The lowest BCUT2D eigenvalue weighted by atomic mass is 10.1. The van der Waals surface area contributed by atoms with Gasteiger partial charge in [-0.3, -0.25) is 4.98 Å². The van der Waals surface area contributed by atoms with Gasteiger partial charge in [-0.05, 0) is 50.4 Å². The summed E-state index contributed by atoms with van der Waals surface area (Å²) in [5, 5.41) is 12.1. The fraction of sp³-hybridized carbons (Fsp3) is 0.583. The topological polar surface area (TPSA) is 45.1 Å². The third kappa shape index (κ3) is 4.91. The number of unbranched alkanes of at least 4 members (excludes halogenated alkanes) is 2. The maximum absolute atomic E-state index is 8.63. The zero-order valence-corrected chi connectivity index (χ0v) is 9.32. The number of aliphatic hydroxyl groups is 1. The molecule has 84 valence electrons. The quantitative estimate of drug-likeness (QED) is 0.673. The first kappa shape index (κ1) is 12.1. The molecule has 0 radical (unpaired) electrons. The molecule has 0 aromatic carbocycles. The van der Waals surface area contributed by atoms with Crippen LogP contribution in [-0.2, 0) is 0 Å². The fourth-order valence-corrected chi connectivity index (χ4v) is 1.50. The molecule has 1 atom stereocenters. The summed E-state index contributed by atoms with van der Waals surface area (Å²) in [5.74, 6) is 0. The lowest BCUT2D eigenvalue weighted by Crippen LogP contribution is -2.19. The standard InChI is InChI=1S/C12H20N2O/c1-11(12-5-8-13-9-6-12)14-7-3-2-4-10-15/h5-6,8-9,11,14-15H,2-4,7,10H2,1H3. The van der Waals surface area contributed by atoms with Crippen LogP contribution in [0.3, 0.4) is 0 Å². The Hall–Kier alpha value is -0.930. The van der Waals surface area contributed by atoms with Crippen LogP contribution in [0.2, 0.25) is 0 Å². The summed E-state index contributed by atoms with van der Waals surface area (Å²) in [6.45, 7) is 3.46. The van der Waals surface area contributed by atoms with E-state index in [0.717, 1.165) is 25.8 Å². The van der Waals surface area contributed by atoms with E-state index in [1.54, 1.807) is 0 Å². The van der Waals surface area contributed by atoms with Crippen LogP contribution in [0.15, 0.2) is 24.5 Å². The molecule has 1 heterocycles. The SMILES string of the molecule is CC(NCCCCCO)c1ccncc1. The number of hydrogen-bond donors (Lipinski definition) is 2. The summed E-state index contributed by atoms with van der Waals surface area (Å²) >= 11 is 0. The van der Waals surface area contributed by atoms with Gasteiger partial charge in [-0.25, -0.2) is 0 Å². The zero-order valence-electron chi connectivity index (χ0n) is 9.32. The van der Waals surface area contributed by atoms with Crippen molar-refractivity contribution in [3.8, 4) is 0 Å². The van der Waals surface area contributed by atoms with E-state index >= 15 is 0 Å². The molecule has 0 saturated heterocycles. The highest BCUT2D eigenvalue weighted by Gasteiger charge is 2.02. The molecule has 3 nitrogen and oxygen atoms in total. The van der Waals surface area contributed by atoms with Crippen LogP contribution in [0.5, 0.6) is 0 Å². The minimum Gasteiger partial charge on any atom is -0.396 e. The maximum Gasteiger partial charge on any atom is 0.0431 e. The van der Waals surface area contributed by atoms with E-state index in [-0.39, 0.29) is 0 Å². The monoisotopic (exact) mass is 208 g/mol. The van der Waals surface area contributed by atoms with Crippen LogP contribution in [0.25, 0.3) is 0 Å². The Morgan fingerprint density at radius 3 is 2.67 bits per heavy atom. The van der Waals surface area contributed by atoms with Gasteiger partial charge in [0.25, 0.3) is 0 Å². The molecule has 0 saturated carbocycles. The van der Waals surface area contributed by atoms with Crippen LogP contribution >= 0.6 is 0 Å². The van der Waals surface area contributed by atoms with Gasteiger partial charge in [-0.2, -0.15) is 0 Å². The average Bonchev–Trinajstić information content (AvgIpc) is 2.30. The van der Waals surface area contributed by atoms with Crippen LogP contribution in [0.1, 0.15) is 37.8 Å². The van der Waals surface area contributed by atoms with E-state index in [4.69, 9.17) is 5.11 Å². The Kier molecular flexibility index (Phi) is 5.97. The number of aromatic nitrogens is 1. The molecule has 0 fully saturated rings. The van der Waals surface area contributed by atoms with Crippen molar-refractivity contribution in [2.24, 2.45) is 0 Å². The molecule has 2 N–H and O–H groups in total. The van der Waals surface area contributed by atoms with Crippen molar-refractivity contribution >= 4 is 0 Å². The number of hydrogen-bond acceptors (Lipinski definition) is 3. The number of rotatable bonds is 7. The Morgan fingerprint density at radius 2 is 2.00 bits per heavy atom. The van der Waals surface area contributed by atoms with Crippen molar-refractivity contribution in [2.75, 3.05) is 13.2 Å². The van der Waals surface area contributed by atoms with Crippen LogP contribution in [-0.4, -0.2) is 23.2 Å². The molecule has 0 aliphatic rings. The molecule has 1 aromatic heterocycles. The van der Waals surface area contributed by atoms with E-state index in [2.05, 4.69) is 17.2 Å². The third-order valence-electron chi connectivity index (χ3n) is 2.49. The molecule has 0 aliphatic carbocycles. The van der Waals surface area contributed by atoms with Gasteiger partial charge >= 0.3 is 0 Å². The fourth-order valence-electron chi connectivity index (χ4n) is 1.50. The zero-order chi connectivity index (χ0) is 10.9. The number of aliphatic hydroxyl groups excluding tert-OH is 1. The molecule has 0 aliphatic heterocycles. The van der Waals surface area contributed by atoms with Crippen LogP contribution < -0.4 is 5.32 Å². The Balaban J connectivity index is 2.16. The summed E-state index contributed by atoms with van der Waals surface area (Å²) in [5.41, 5.74) is 1.27. The molecule has 1 rings (SSSR count). The summed E-state index contributed by atoms with van der Waals surface area (Å²) in [7, 11) is 0. The molecule has 3 heteroatoms. The second kappa shape index (κ2) is 7.37. The predicted octanol–water partition coefficient (Wildman–Crippen LogP) is 1.89. The number of pyridine rings is 1. The average molecular weight is 208 g/mol. The summed E-state index contributed by atoms with van der Waals surface area (Å²) in [4.78, 5) is 3.99. The van der Waals surface area contributed by atoms with Crippen molar-refractivity contribution in [1.82, 2.24) is 10.3 Å². The predicted molar refractivity (Wildman–Crippen MR) is 61.6 cm³/mol. The molecule has 1 aromatic rings. The maximum atomic E-state index is 8.63. The minimum absolute atomic E-state index is 0.305. The second-order valence-corrected chi connectivity index (χ2v) is 3.74. The van der Waals surface area contributed by atoms with E-state index < -0.39 is 0 Å². The molecule has 0 bridgehead atoms. The van der Waals surface area contributed by atoms with Crippen molar-refractivity contribution in [3.05, 3.63) is 30.1 Å². The Labute approximate surface area is 91.5 Å². The van der Waals surface area contributed by atoms with Gasteiger partial charge in [0.15, 0.2) is 0 Å². The first-order valence-electron chi connectivity index (χ1n) is 5.58. The number of nitrogens with zero attached hydrogens (tertiary/aromatic N) is 1. The van der Waals surface area contributed by atoms with Crippen molar-refractivity contribution in [3.63, 3.8) is 0 Å². The highest BCUT2D eigenvalue weighted by atomic mass is 16.2. The molecule has 1 unspecified atom stereocenters. The van der Waals surface area contributed by atoms with E-state index in [9.17, 15) is 0 Å². The van der Waals surface area contributed by atoms with E-state index in [0.29, 0.717) is 12.6 Å². The largest absolute Gasteiger partial charge is 0.396 e. The van der Waals surface area contributed by atoms with E-state index in [1.807, 2.05) is 24.5 Å². The highest BCUT2D eigenvalue weighted by molar-refractivity contribution is 5.13. The second-order valence-electron chi connectivity index (χ2n) is 3.74. The van der Waals surface area contributed by atoms with Gasteiger partial charge in [-0.1, -0.05) is 0 Å². The summed E-state index contributed by atoms with van der Waals surface area (Å²) < 4.78 is 0. The van der Waals surface area contributed by atoms with Crippen LogP contribution in [0.4, 0.5) is 0 Å². The highest BCUT2D eigenvalue weighted by Crippen LogP contribution is 2.09. The van der Waals surface area contributed by atoms with Crippen molar-refractivity contribution in [2.45, 2.75) is 32.2 Å². The lowest BCUT2D eigenvalue weighted by molar-refractivity contribution is 0.282. The molecule has 0 amide bonds. The molecular weight excluding hydrogens is 188 g/mol. The van der Waals surface area contributed by atoms with Crippen molar-refractivity contribution < 1.29 is 5.11 Å². The molecule has 0 spiro atoms. The molecule has 15 heavy (non-hydrogen) atoms. The number of nitrogens with one attached hydrogen (secondary N) is 1. The minimum atomic E-state index is 0.305. The van der Waals surface area contributed by atoms with Gasteiger partial charge in [-0.15, -0.1) is 0 Å². The smallest absolute Gasteiger partial charge is 0.0431 e. The van der Waals surface area contributed by atoms with Crippen molar-refractivity contribution in [1.29, 1.82) is 0 Å². The third-order valence-corrected chi connectivity index (χ3v) is 2.49. The van der Waals surface area contributed by atoms with Gasteiger partial charge in [0.05, 0.1) is 0 Å². The summed E-state index contributed by atoms with van der Waals surface area (Å²) in [6.07, 6.45) is 6.76.